The molecule has 3 rings (SSSR count). The van der Waals surface area contributed by atoms with Gasteiger partial charge in [0.05, 0.1) is 25.3 Å². The molecular weight excluding hydrogens is 309 g/mol. The second-order valence-electron chi connectivity index (χ2n) is 5.90. The van der Waals surface area contributed by atoms with E-state index in [0.717, 1.165) is 31.0 Å². The molecule has 1 aromatic heterocycles. The zero-order valence-corrected chi connectivity index (χ0v) is 13.4. The zero-order valence-electron chi connectivity index (χ0n) is 13.4. The first-order chi connectivity index (χ1) is 11.7. The molecule has 24 heavy (non-hydrogen) atoms. The fraction of sp³-hybridized carbons (Fsp3) is 0.389. The molecule has 0 spiro atoms. The zero-order chi connectivity index (χ0) is 16.8. The van der Waals surface area contributed by atoms with Crippen LogP contribution in [0, 0.1) is 5.82 Å². The standard InChI is InChI=1S/C18H20FN3O2/c19-15-5-1-3-13(9-15)10-17(23)21-11-16-6-7-20-18(22-16)14-4-2-8-24-12-14/h1,3,5-7,9,14H,2,4,8,10-12H2,(H,21,23)/t14-/m0/s1. The molecule has 1 aliphatic rings. The van der Waals surface area contributed by atoms with Crippen LogP contribution in [0.25, 0.3) is 0 Å². The number of hydrogen-bond acceptors (Lipinski definition) is 4. The molecule has 1 aliphatic heterocycles. The maximum absolute atomic E-state index is 13.1. The minimum absolute atomic E-state index is 0.145. The number of ether oxygens (including phenoxy) is 1. The summed E-state index contributed by atoms with van der Waals surface area (Å²) < 4.78 is 18.6. The Balaban J connectivity index is 1.55. The smallest absolute Gasteiger partial charge is 0.224 e. The number of amides is 1. The van der Waals surface area contributed by atoms with E-state index >= 15 is 0 Å². The van der Waals surface area contributed by atoms with Gasteiger partial charge in [0, 0.05) is 18.7 Å². The Labute approximate surface area is 140 Å². The largest absolute Gasteiger partial charge is 0.381 e. The van der Waals surface area contributed by atoms with Gasteiger partial charge in [-0.1, -0.05) is 12.1 Å². The topological polar surface area (TPSA) is 64.1 Å². The Morgan fingerprint density at radius 3 is 3.08 bits per heavy atom. The van der Waals surface area contributed by atoms with Gasteiger partial charge in [0.1, 0.15) is 11.6 Å². The van der Waals surface area contributed by atoms with Crippen molar-refractivity contribution in [1.29, 1.82) is 0 Å². The molecular formula is C18H20FN3O2. The third-order valence-electron chi connectivity index (χ3n) is 3.98. The van der Waals surface area contributed by atoms with Crippen LogP contribution in [0.1, 0.15) is 35.8 Å². The lowest BCUT2D eigenvalue weighted by molar-refractivity contribution is -0.120. The quantitative estimate of drug-likeness (QED) is 0.915. The van der Waals surface area contributed by atoms with Crippen molar-refractivity contribution in [2.45, 2.75) is 31.7 Å². The summed E-state index contributed by atoms with van der Waals surface area (Å²) in [4.78, 5) is 20.8. The third-order valence-corrected chi connectivity index (χ3v) is 3.98. The van der Waals surface area contributed by atoms with Gasteiger partial charge in [0.2, 0.25) is 5.91 Å². The highest BCUT2D eigenvalue weighted by Gasteiger charge is 2.18. The summed E-state index contributed by atoms with van der Waals surface area (Å²) >= 11 is 0. The molecule has 0 bridgehead atoms. The Hall–Kier alpha value is -2.34. The molecule has 1 amide bonds. The highest BCUT2D eigenvalue weighted by Crippen LogP contribution is 2.22. The Morgan fingerprint density at radius 1 is 1.38 bits per heavy atom. The molecule has 1 aromatic carbocycles. The van der Waals surface area contributed by atoms with Crippen LogP contribution in [0.5, 0.6) is 0 Å². The normalized spacial score (nSPS) is 17.5. The van der Waals surface area contributed by atoms with Crippen molar-refractivity contribution < 1.29 is 13.9 Å². The fourth-order valence-electron chi connectivity index (χ4n) is 2.74. The minimum atomic E-state index is -0.338. The Bertz CT molecular complexity index is 702. The van der Waals surface area contributed by atoms with Crippen LogP contribution in [0.3, 0.4) is 0 Å². The van der Waals surface area contributed by atoms with Crippen LogP contribution in [-0.2, 0) is 22.5 Å². The summed E-state index contributed by atoms with van der Waals surface area (Å²) in [7, 11) is 0. The van der Waals surface area contributed by atoms with E-state index in [1.165, 1.54) is 12.1 Å². The molecule has 0 aliphatic carbocycles. The van der Waals surface area contributed by atoms with E-state index in [1.807, 2.05) is 0 Å². The molecule has 1 saturated heterocycles. The van der Waals surface area contributed by atoms with Gasteiger partial charge in [-0.2, -0.15) is 0 Å². The minimum Gasteiger partial charge on any atom is -0.381 e. The fourth-order valence-corrected chi connectivity index (χ4v) is 2.74. The molecule has 5 nitrogen and oxygen atoms in total. The number of hydrogen-bond donors (Lipinski definition) is 1. The number of rotatable bonds is 5. The summed E-state index contributed by atoms with van der Waals surface area (Å²) in [5.41, 5.74) is 1.41. The van der Waals surface area contributed by atoms with Gasteiger partial charge in [-0.3, -0.25) is 4.79 Å². The summed E-state index contributed by atoms with van der Waals surface area (Å²) in [6, 6.07) is 7.84. The SMILES string of the molecule is O=C(Cc1cccc(F)c1)NCc1ccnc([C@H]2CCCOC2)n1. The number of nitrogens with one attached hydrogen (secondary N) is 1. The van der Waals surface area contributed by atoms with Crippen molar-refractivity contribution in [2.75, 3.05) is 13.2 Å². The number of carbonyl (C=O) groups excluding carboxylic acids is 1. The molecule has 126 valence electrons. The average Bonchev–Trinajstić information content (AvgIpc) is 2.61. The Morgan fingerprint density at radius 2 is 2.29 bits per heavy atom. The van der Waals surface area contributed by atoms with E-state index in [2.05, 4.69) is 15.3 Å². The van der Waals surface area contributed by atoms with Gasteiger partial charge in [0.25, 0.3) is 0 Å². The molecule has 6 heteroatoms. The van der Waals surface area contributed by atoms with Crippen LogP contribution in [0.15, 0.2) is 36.5 Å². The van der Waals surface area contributed by atoms with Crippen molar-refractivity contribution >= 4 is 5.91 Å². The van der Waals surface area contributed by atoms with Gasteiger partial charge in [-0.15, -0.1) is 0 Å². The van der Waals surface area contributed by atoms with Crippen LogP contribution < -0.4 is 5.32 Å². The first-order valence-corrected chi connectivity index (χ1v) is 8.11. The summed E-state index contributed by atoms with van der Waals surface area (Å²) in [5, 5.41) is 2.81. The lowest BCUT2D eigenvalue weighted by atomic mass is 10.0. The van der Waals surface area contributed by atoms with Crippen LogP contribution in [0.4, 0.5) is 4.39 Å². The molecule has 2 heterocycles. The highest BCUT2D eigenvalue weighted by molar-refractivity contribution is 5.78. The molecule has 1 atom stereocenters. The molecule has 1 N–H and O–H groups in total. The van der Waals surface area contributed by atoms with Crippen molar-refractivity contribution in [3.8, 4) is 0 Å². The lowest BCUT2D eigenvalue weighted by Crippen LogP contribution is -2.25. The van der Waals surface area contributed by atoms with Gasteiger partial charge < -0.3 is 10.1 Å². The van der Waals surface area contributed by atoms with E-state index in [0.29, 0.717) is 18.7 Å². The van der Waals surface area contributed by atoms with Gasteiger partial charge >= 0.3 is 0 Å². The van der Waals surface area contributed by atoms with E-state index < -0.39 is 0 Å². The van der Waals surface area contributed by atoms with E-state index in [-0.39, 0.29) is 24.1 Å². The maximum atomic E-state index is 13.1. The molecule has 2 aromatic rings. The molecule has 0 radical (unpaired) electrons. The van der Waals surface area contributed by atoms with Crippen molar-refractivity contribution in [3.05, 3.63) is 59.4 Å². The molecule has 0 saturated carbocycles. The number of halogens is 1. The average molecular weight is 329 g/mol. The number of nitrogens with zero attached hydrogens (tertiary/aromatic N) is 2. The highest BCUT2D eigenvalue weighted by atomic mass is 19.1. The van der Waals surface area contributed by atoms with Crippen molar-refractivity contribution in [2.24, 2.45) is 0 Å². The van der Waals surface area contributed by atoms with Crippen LogP contribution >= 0.6 is 0 Å². The maximum Gasteiger partial charge on any atom is 0.224 e. The number of carbonyl (C=O) groups is 1. The van der Waals surface area contributed by atoms with Crippen molar-refractivity contribution in [3.63, 3.8) is 0 Å². The van der Waals surface area contributed by atoms with Crippen molar-refractivity contribution in [1.82, 2.24) is 15.3 Å². The van der Waals surface area contributed by atoms with E-state index in [4.69, 9.17) is 4.74 Å². The third kappa shape index (κ3) is 4.58. The second kappa shape index (κ2) is 7.97. The number of benzene rings is 1. The van der Waals surface area contributed by atoms with Gasteiger partial charge in [0.15, 0.2) is 0 Å². The Kier molecular flexibility index (Phi) is 5.48. The second-order valence-corrected chi connectivity index (χ2v) is 5.90. The lowest BCUT2D eigenvalue weighted by Gasteiger charge is -2.20. The first kappa shape index (κ1) is 16.5. The summed E-state index contributed by atoms with van der Waals surface area (Å²) in [6.07, 6.45) is 3.90. The van der Waals surface area contributed by atoms with Crippen LogP contribution in [0.2, 0.25) is 0 Å². The molecule has 1 fully saturated rings. The summed E-state index contributed by atoms with van der Waals surface area (Å²) in [5.74, 6) is 0.491. The summed E-state index contributed by atoms with van der Waals surface area (Å²) in [6.45, 7) is 1.78. The van der Waals surface area contributed by atoms with Gasteiger partial charge in [-0.25, -0.2) is 14.4 Å². The first-order valence-electron chi connectivity index (χ1n) is 8.11. The molecule has 0 unspecified atom stereocenters. The van der Waals surface area contributed by atoms with Crippen LogP contribution in [-0.4, -0.2) is 29.1 Å². The predicted octanol–water partition coefficient (Wildman–Crippen LogP) is 2.37. The predicted molar refractivity (Wildman–Crippen MR) is 86.8 cm³/mol. The van der Waals surface area contributed by atoms with E-state index in [1.54, 1.807) is 24.4 Å². The monoisotopic (exact) mass is 329 g/mol. The van der Waals surface area contributed by atoms with Gasteiger partial charge in [-0.05, 0) is 36.6 Å². The van der Waals surface area contributed by atoms with E-state index in [9.17, 15) is 9.18 Å². The number of aromatic nitrogens is 2.